The zero-order valence-electron chi connectivity index (χ0n) is 25.0. The average Bonchev–Trinajstić information content (AvgIpc) is 3.75. The van der Waals surface area contributed by atoms with Crippen molar-refractivity contribution in [3.63, 3.8) is 0 Å². The second-order valence-electron chi connectivity index (χ2n) is 12.2. The minimum atomic E-state index is -0.561. The summed E-state index contributed by atoms with van der Waals surface area (Å²) in [6.45, 7) is 4.12. The van der Waals surface area contributed by atoms with Crippen molar-refractivity contribution in [1.29, 1.82) is 0 Å². The van der Waals surface area contributed by atoms with Crippen LogP contribution in [0.15, 0.2) is 30.5 Å². The largest absolute Gasteiger partial charge is 0.343 e. The summed E-state index contributed by atoms with van der Waals surface area (Å²) < 4.78 is 15.6. The van der Waals surface area contributed by atoms with Gasteiger partial charge in [-0.25, -0.2) is 9.37 Å². The van der Waals surface area contributed by atoms with E-state index in [-0.39, 0.29) is 35.5 Å². The molecule has 228 valence electrons. The fourth-order valence-corrected chi connectivity index (χ4v) is 6.72. The highest BCUT2D eigenvalue weighted by molar-refractivity contribution is 5.93. The van der Waals surface area contributed by atoms with Crippen LogP contribution in [0.4, 0.5) is 4.39 Å². The van der Waals surface area contributed by atoms with Gasteiger partial charge in [-0.3, -0.25) is 14.4 Å². The molecular weight excluding hydrogens is 535 g/mol. The first-order valence-corrected chi connectivity index (χ1v) is 15.7. The first-order chi connectivity index (χ1) is 20.3. The highest BCUT2D eigenvalue weighted by atomic mass is 19.1. The van der Waals surface area contributed by atoms with Gasteiger partial charge in [0.2, 0.25) is 11.8 Å². The number of fused-ring (bicyclic) bond motifs is 1. The number of halogens is 1. The zero-order valence-corrected chi connectivity index (χ0v) is 25.0. The average molecular weight is 581 g/mol. The van der Waals surface area contributed by atoms with Gasteiger partial charge in [-0.1, -0.05) is 31.4 Å². The van der Waals surface area contributed by atoms with E-state index in [0.717, 1.165) is 75.7 Å². The van der Waals surface area contributed by atoms with Crippen molar-refractivity contribution in [3.8, 4) is 0 Å². The van der Waals surface area contributed by atoms with E-state index in [1.165, 1.54) is 12.1 Å². The number of hydrogen-bond acceptors (Lipinski definition) is 5. The Kier molecular flexibility index (Phi) is 9.92. The lowest BCUT2D eigenvalue weighted by molar-refractivity contribution is -0.139. The summed E-state index contributed by atoms with van der Waals surface area (Å²) in [5.41, 5.74) is 1.38. The second-order valence-corrected chi connectivity index (χ2v) is 12.2. The molecule has 2 aromatic rings. The molecule has 2 N–H and O–H groups in total. The number of amides is 3. The molecule has 1 aromatic heterocycles. The van der Waals surface area contributed by atoms with Crippen molar-refractivity contribution in [2.45, 2.75) is 95.8 Å². The maximum atomic E-state index is 14.2. The van der Waals surface area contributed by atoms with E-state index in [9.17, 15) is 18.8 Å². The molecule has 2 aliphatic heterocycles. The molecule has 9 nitrogen and oxygen atoms in total. The predicted octanol–water partition coefficient (Wildman–Crippen LogP) is 3.32. The number of imidazole rings is 1. The molecule has 2 fully saturated rings. The van der Waals surface area contributed by atoms with Crippen LogP contribution < -0.4 is 10.6 Å². The van der Waals surface area contributed by atoms with Gasteiger partial charge < -0.3 is 25.0 Å². The summed E-state index contributed by atoms with van der Waals surface area (Å²) in [5, 5.41) is 6.07. The van der Waals surface area contributed by atoms with Gasteiger partial charge in [0, 0.05) is 44.8 Å². The first-order valence-electron chi connectivity index (χ1n) is 15.7. The highest BCUT2D eigenvalue weighted by Gasteiger charge is 2.39. The van der Waals surface area contributed by atoms with Crippen LogP contribution in [0.5, 0.6) is 0 Å². The normalized spacial score (nSPS) is 20.3. The second kappa shape index (κ2) is 13.8. The molecule has 42 heavy (non-hydrogen) atoms. The quantitative estimate of drug-likeness (QED) is 0.425. The van der Waals surface area contributed by atoms with Crippen molar-refractivity contribution in [3.05, 3.63) is 53.4 Å². The van der Waals surface area contributed by atoms with Crippen LogP contribution in [0, 0.1) is 11.7 Å². The van der Waals surface area contributed by atoms with Crippen molar-refractivity contribution >= 4 is 17.7 Å². The molecule has 0 spiro atoms. The minimum Gasteiger partial charge on any atom is -0.343 e. The molecule has 0 radical (unpaired) electrons. The molecule has 0 bridgehead atoms. The standard InChI is InChI=1S/C32H45FN6O3/c1-22(34-2)30(40)36-29(24-8-4-3-5-9-24)32(42)39-18-6-10-26(39)20-38(19-16-23-12-14-25(33)15-13-23)31(41)27-21-37-17-7-11-28(37)35-27/h12-15,21-22,24,26,29,34H,3-11,16-20H2,1-2H3,(H,36,40). The molecule has 1 aliphatic carbocycles. The van der Waals surface area contributed by atoms with Crippen LogP contribution in [0.2, 0.25) is 0 Å². The van der Waals surface area contributed by atoms with Gasteiger partial charge >= 0.3 is 0 Å². The molecule has 3 unspecified atom stereocenters. The van der Waals surface area contributed by atoms with E-state index in [1.54, 1.807) is 26.1 Å². The summed E-state index contributed by atoms with van der Waals surface area (Å²) >= 11 is 0. The van der Waals surface area contributed by atoms with E-state index in [2.05, 4.69) is 20.2 Å². The predicted molar refractivity (Wildman–Crippen MR) is 158 cm³/mol. The van der Waals surface area contributed by atoms with Gasteiger partial charge in [0.05, 0.1) is 6.04 Å². The van der Waals surface area contributed by atoms with Gasteiger partial charge in [-0.2, -0.15) is 0 Å². The van der Waals surface area contributed by atoms with E-state index in [0.29, 0.717) is 31.7 Å². The zero-order chi connectivity index (χ0) is 29.6. The molecule has 10 heteroatoms. The van der Waals surface area contributed by atoms with Crippen LogP contribution in [-0.2, 0) is 29.0 Å². The van der Waals surface area contributed by atoms with E-state index >= 15 is 0 Å². The van der Waals surface area contributed by atoms with E-state index in [1.807, 2.05) is 16.0 Å². The number of aromatic nitrogens is 2. The van der Waals surface area contributed by atoms with Crippen molar-refractivity contribution in [2.24, 2.45) is 5.92 Å². The Labute approximate surface area is 248 Å². The number of rotatable bonds is 11. The number of hydrogen-bond donors (Lipinski definition) is 2. The Morgan fingerprint density at radius 2 is 1.81 bits per heavy atom. The summed E-state index contributed by atoms with van der Waals surface area (Å²) in [7, 11) is 1.74. The molecule has 3 heterocycles. The van der Waals surface area contributed by atoms with Gasteiger partial charge in [0.25, 0.3) is 5.91 Å². The first kappa shape index (κ1) is 30.2. The Morgan fingerprint density at radius 3 is 2.52 bits per heavy atom. The van der Waals surface area contributed by atoms with Crippen molar-refractivity contribution < 1.29 is 18.8 Å². The molecular formula is C32H45FN6O3. The van der Waals surface area contributed by atoms with Gasteiger partial charge in [0.15, 0.2) is 0 Å². The number of carbonyl (C=O) groups excluding carboxylic acids is 3. The fraction of sp³-hybridized carbons (Fsp3) is 0.625. The smallest absolute Gasteiger partial charge is 0.274 e. The maximum Gasteiger partial charge on any atom is 0.274 e. The van der Waals surface area contributed by atoms with Crippen LogP contribution >= 0.6 is 0 Å². The third-order valence-electron chi connectivity index (χ3n) is 9.35. The minimum absolute atomic E-state index is 0.0343. The summed E-state index contributed by atoms with van der Waals surface area (Å²) in [4.78, 5) is 49.3. The fourth-order valence-electron chi connectivity index (χ4n) is 6.72. The number of nitrogens with zero attached hydrogens (tertiary/aromatic N) is 4. The number of nitrogens with one attached hydrogen (secondary N) is 2. The molecule has 5 rings (SSSR count). The van der Waals surface area contributed by atoms with Crippen LogP contribution in [-0.4, -0.2) is 81.9 Å². The molecule has 3 amide bonds. The Balaban J connectivity index is 1.34. The van der Waals surface area contributed by atoms with E-state index < -0.39 is 12.1 Å². The number of likely N-dealkylation sites (tertiary alicyclic amines) is 1. The monoisotopic (exact) mass is 580 g/mol. The third-order valence-corrected chi connectivity index (χ3v) is 9.35. The van der Waals surface area contributed by atoms with Gasteiger partial charge in [-0.15, -0.1) is 0 Å². The van der Waals surface area contributed by atoms with E-state index in [4.69, 9.17) is 0 Å². The summed E-state index contributed by atoms with van der Waals surface area (Å²) in [5.74, 6) is 0.427. The van der Waals surface area contributed by atoms with Crippen molar-refractivity contribution in [1.82, 2.24) is 30.0 Å². The Morgan fingerprint density at radius 1 is 1.05 bits per heavy atom. The summed E-state index contributed by atoms with van der Waals surface area (Å²) in [6.07, 6.45) is 11.1. The van der Waals surface area contributed by atoms with Gasteiger partial charge in [-0.05, 0) is 76.1 Å². The molecule has 1 saturated carbocycles. The topological polar surface area (TPSA) is 99.6 Å². The molecule has 3 atom stereocenters. The SMILES string of the molecule is CNC(C)C(=O)NC(C(=O)N1CCCC1CN(CCc1ccc(F)cc1)C(=O)c1cn2c(n1)CCC2)C1CCCCC1. The van der Waals surface area contributed by atoms with Crippen LogP contribution in [0.3, 0.4) is 0 Å². The molecule has 1 aromatic carbocycles. The maximum absolute atomic E-state index is 14.2. The summed E-state index contributed by atoms with van der Waals surface area (Å²) in [6, 6.07) is 5.27. The number of benzene rings is 1. The Bertz CT molecular complexity index is 1220. The van der Waals surface area contributed by atoms with Crippen LogP contribution in [0.1, 0.15) is 80.2 Å². The molecule has 3 aliphatic rings. The lowest BCUT2D eigenvalue weighted by Crippen LogP contribution is -2.57. The third kappa shape index (κ3) is 7.02. The molecule has 1 saturated heterocycles. The van der Waals surface area contributed by atoms with Crippen LogP contribution in [0.25, 0.3) is 0 Å². The lowest BCUT2D eigenvalue weighted by atomic mass is 9.83. The Hall–Kier alpha value is -3.27. The van der Waals surface area contributed by atoms with Crippen molar-refractivity contribution in [2.75, 3.05) is 26.7 Å². The number of aryl methyl sites for hydroxylation is 2. The van der Waals surface area contributed by atoms with Gasteiger partial charge in [0.1, 0.15) is 23.4 Å². The number of carbonyl (C=O) groups is 3. The highest BCUT2D eigenvalue weighted by Crippen LogP contribution is 2.30. The lowest BCUT2D eigenvalue weighted by Gasteiger charge is -2.37. The number of likely N-dealkylation sites (N-methyl/N-ethyl adjacent to an activating group) is 1.